The highest BCUT2D eigenvalue weighted by Gasteiger charge is 2.31. The minimum Gasteiger partial charge on any atom is -0.309 e. The van der Waals surface area contributed by atoms with Crippen LogP contribution in [0.25, 0.3) is 0 Å². The van der Waals surface area contributed by atoms with Gasteiger partial charge in [-0.1, -0.05) is 37.6 Å². The van der Waals surface area contributed by atoms with Crippen molar-refractivity contribution in [2.75, 3.05) is 12.8 Å². The molecule has 1 fully saturated rings. The van der Waals surface area contributed by atoms with Crippen LogP contribution in [0, 0.1) is 0 Å². The summed E-state index contributed by atoms with van der Waals surface area (Å²) in [6.07, 6.45) is 6.08. The Bertz CT molecular complexity index is 564. The van der Waals surface area contributed by atoms with Crippen LogP contribution < -0.4 is 5.32 Å². The first-order valence-electron chi connectivity index (χ1n) is 7.96. The average Bonchev–Trinajstić information content (AvgIpc) is 2.37. The molecule has 0 amide bonds. The molecule has 3 nitrogen and oxygen atoms in total. The Morgan fingerprint density at radius 1 is 1.29 bits per heavy atom. The molecule has 0 aliphatic heterocycles. The Kier molecular flexibility index (Phi) is 5.44. The second-order valence-corrected chi connectivity index (χ2v) is 8.63. The average molecular weight is 309 g/mol. The summed E-state index contributed by atoms with van der Waals surface area (Å²) in [5.41, 5.74) is 2.52. The molecule has 0 aromatic heterocycles. The van der Waals surface area contributed by atoms with Gasteiger partial charge >= 0.3 is 0 Å². The summed E-state index contributed by atoms with van der Waals surface area (Å²) in [6, 6.07) is 8.25. The fourth-order valence-corrected chi connectivity index (χ4v) is 3.70. The Labute approximate surface area is 129 Å². The van der Waals surface area contributed by atoms with Gasteiger partial charge in [0, 0.05) is 12.3 Å². The van der Waals surface area contributed by atoms with Crippen molar-refractivity contribution in [1.82, 2.24) is 5.32 Å². The zero-order valence-corrected chi connectivity index (χ0v) is 14.1. The lowest BCUT2D eigenvalue weighted by Crippen LogP contribution is -2.36. The van der Waals surface area contributed by atoms with E-state index in [0.29, 0.717) is 5.92 Å². The van der Waals surface area contributed by atoms with Crippen molar-refractivity contribution < 1.29 is 8.42 Å². The zero-order chi connectivity index (χ0) is 15.5. The van der Waals surface area contributed by atoms with Crippen LogP contribution >= 0.6 is 0 Å². The standard InChI is InChI=1S/C17H27NO2S/c1-4-12-18-17(13(2)21(3,19)20)16-11-6-5-10-15(16)14-8-7-9-14/h5-6,10-11,13-14,17-18H,4,7-9,12H2,1-3H3. The number of hydrogen-bond acceptors (Lipinski definition) is 3. The lowest BCUT2D eigenvalue weighted by Gasteiger charge is -2.32. The summed E-state index contributed by atoms with van der Waals surface area (Å²) in [5.74, 6) is 0.610. The highest BCUT2D eigenvalue weighted by molar-refractivity contribution is 7.91. The van der Waals surface area contributed by atoms with E-state index >= 15 is 0 Å². The molecule has 0 heterocycles. The van der Waals surface area contributed by atoms with E-state index < -0.39 is 15.1 Å². The summed E-state index contributed by atoms with van der Waals surface area (Å²) in [4.78, 5) is 0. The molecule has 118 valence electrons. The molecule has 1 aromatic carbocycles. The molecule has 0 spiro atoms. The van der Waals surface area contributed by atoms with E-state index in [1.807, 2.05) is 13.0 Å². The van der Waals surface area contributed by atoms with E-state index in [4.69, 9.17) is 0 Å². The normalized spacial score (nSPS) is 19.0. The molecule has 0 radical (unpaired) electrons. The van der Waals surface area contributed by atoms with Gasteiger partial charge in [-0.3, -0.25) is 0 Å². The molecule has 0 saturated heterocycles. The first kappa shape index (κ1) is 16.5. The Morgan fingerprint density at radius 3 is 2.48 bits per heavy atom. The van der Waals surface area contributed by atoms with Crippen LogP contribution in [0.2, 0.25) is 0 Å². The van der Waals surface area contributed by atoms with Crippen molar-refractivity contribution in [1.29, 1.82) is 0 Å². The van der Waals surface area contributed by atoms with Gasteiger partial charge in [-0.15, -0.1) is 0 Å². The van der Waals surface area contributed by atoms with Crippen LogP contribution in [0.15, 0.2) is 24.3 Å². The van der Waals surface area contributed by atoms with Gasteiger partial charge < -0.3 is 5.32 Å². The van der Waals surface area contributed by atoms with Crippen LogP contribution in [0.4, 0.5) is 0 Å². The first-order chi connectivity index (χ1) is 9.95. The Morgan fingerprint density at radius 2 is 1.95 bits per heavy atom. The molecule has 1 aromatic rings. The topological polar surface area (TPSA) is 46.2 Å². The van der Waals surface area contributed by atoms with E-state index in [1.165, 1.54) is 36.6 Å². The monoisotopic (exact) mass is 309 g/mol. The van der Waals surface area contributed by atoms with E-state index in [2.05, 4.69) is 30.4 Å². The van der Waals surface area contributed by atoms with Gasteiger partial charge in [0.05, 0.1) is 5.25 Å². The van der Waals surface area contributed by atoms with E-state index in [-0.39, 0.29) is 6.04 Å². The third-order valence-electron chi connectivity index (χ3n) is 4.64. The molecule has 1 aliphatic carbocycles. The van der Waals surface area contributed by atoms with Crippen molar-refractivity contribution in [3.63, 3.8) is 0 Å². The predicted octanol–water partition coefficient (Wildman–Crippen LogP) is 3.43. The number of nitrogens with one attached hydrogen (secondary N) is 1. The van der Waals surface area contributed by atoms with E-state index in [1.54, 1.807) is 0 Å². The maximum absolute atomic E-state index is 12.0. The van der Waals surface area contributed by atoms with Gasteiger partial charge in [-0.2, -0.15) is 0 Å². The predicted molar refractivity (Wildman–Crippen MR) is 88.4 cm³/mol. The summed E-state index contributed by atoms with van der Waals surface area (Å²) in [5, 5.41) is 3.04. The Balaban J connectivity index is 2.36. The number of hydrogen-bond donors (Lipinski definition) is 1. The van der Waals surface area contributed by atoms with Gasteiger partial charge in [-0.25, -0.2) is 8.42 Å². The lowest BCUT2D eigenvalue weighted by molar-refractivity contribution is 0.409. The number of benzene rings is 1. The lowest BCUT2D eigenvalue weighted by atomic mass is 9.77. The van der Waals surface area contributed by atoms with Gasteiger partial charge in [0.15, 0.2) is 9.84 Å². The molecule has 0 bridgehead atoms. The second kappa shape index (κ2) is 6.93. The van der Waals surface area contributed by atoms with Gasteiger partial charge in [-0.05, 0) is 49.8 Å². The molecule has 21 heavy (non-hydrogen) atoms. The van der Waals surface area contributed by atoms with Crippen molar-refractivity contribution >= 4 is 9.84 Å². The van der Waals surface area contributed by atoms with E-state index in [0.717, 1.165) is 13.0 Å². The molecular formula is C17H27NO2S. The van der Waals surface area contributed by atoms with Crippen molar-refractivity contribution in [3.05, 3.63) is 35.4 Å². The largest absolute Gasteiger partial charge is 0.309 e. The highest BCUT2D eigenvalue weighted by Crippen LogP contribution is 2.40. The second-order valence-electron chi connectivity index (χ2n) is 6.22. The SMILES string of the molecule is CCCNC(c1ccccc1C1CCC1)C(C)S(C)(=O)=O. The molecule has 1 N–H and O–H groups in total. The van der Waals surface area contributed by atoms with Gasteiger partial charge in [0.2, 0.25) is 0 Å². The van der Waals surface area contributed by atoms with Crippen molar-refractivity contribution in [2.24, 2.45) is 0 Å². The molecule has 1 saturated carbocycles. The molecule has 4 heteroatoms. The first-order valence-corrected chi connectivity index (χ1v) is 9.91. The minimum absolute atomic E-state index is 0.114. The molecule has 2 unspecified atom stereocenters. The molecule has 1 aliphatic rings. The summed E-state index contributed by atoms with van der Waals surface area (Å²) < 4.78 is 24.1. The van der Waals surface area contributed by atoms with Crippen LogP contribution in [0.1, 0.15) is 62.6 Å². The number of sulfone groups is 1. The van der Waals surface area contributed by atoms with Gasteiger partial charge in [0.1, 0.15) is 0 Å². The summed E-state index contributed by atoms with van der Waals surface area (Å²) in [6.45, 7) is 4.76. The summed E-state index contributed by atoms with van der Waals surface area (Å²) in [7, 11) is -3.07. The third kappa shape index (κ3) is 3.86. The molecular weight excluding hydrogens is 282 g/mol. The van der Waals surface area contributed by atoms with Crippen LogP contribution in [0.5, 0.6) is 0 Å². The zero-order valence-electron chi connectivity index (χ0n) is 13.3. The van der Waals surface area contributed by atoms with E-state index in [9.17, 15) is 8.42 Å². The minimum atomic E-state index is -3.07. The quantitative estimate of drug-likeness (QED) is 0.839. The maximum Gasteiger partial charge on any atom is 0.151 e. The number of rotatable bonds is 7. The van der Waals surface area contributed by atoms with Gasteiger partial charge in [0.25, 0.3) is 0 Å². The maximum atomic E-state index is 12.0. The molecule has 2 rings (SSSR count). The fourth-order valence-electron chi connectivity index (χ4n) is 2.96. The van der Waals surface area contributed by atoms with Crippen LogP contribution in [0.3, 0.4) is 0 Å². The smallest absolute Gasteiger partial charge is 0.151 e. The highest BCUT2D eigenvalue weighted by atomic mass is 32.2. The van der Waals surface area contributed by atoms with Crippen molar-refractivity contribution in [3.8, 4) is 0 Å². The third-order valence-corrected chi connectivity index (χ3v) is 6.26. The Hall–Kier alpha value is -0.870. The fraction of sp³-hybridized carbons (Fsp3) is 0.647. The van der Waals surface area contributed by atoms with Crippen LogP contribution in [-0.4, -0.2) is 26.5 Å². The van der Waals surface area contributed by atoms with Crippen LogP contribution in [-0.2, 0) is 9.84 Å². The van der Waals surface area contributed by atoms with Crippen molar-refractivity contribution in [2.45, 2.75) is 56.7 Å². The summed E-state index contributed by atoms with van der Waals surface area (Å²) >= 11 is 0. The molecule has 2 atom stereocenters.